The number of aromatic nitrogens is 3. The molecule has 94 valence electrons. The average Bonchev–Trinajstić information content (AvgIpc) is 2.95. The van der Waals surface area contributed by atoms with E-state index in [-0.39, 0.29) is 0 Å². The van der Waals surface area contributed by atoms with E-state index in [1.165, 1.54) is 44.6 Å². The molecule has 1 unspecified atom stereocenters. The smallest absolute Gasteiger partial charge is 0.152 e. The van der Waals surface area contributed by atoms with Crippen molar-refractivity contribution in [3.05, 3.63) is 11.6 Å². The van der Waals surface area contributed by atoms with Gasteiger partial charge in [0.25, 0.3) is 0 Å². The maximum absolute atomic E-state index is 4.69. The van der Waals surface area contributed by atoms with E-state index in [9.17, 15) is 0 Å². The number of aryl methyl sites for hydroxylation is 1. The van der Waals surface area contributed by atoms with E-state index in [1.54, 1.807) is 0 Å². The Morgan fingerprint density at radius 3 is 2.82 bits per heavy atom. The van der Waals surface area contributed by atoms with Crippen molar-refractivity contribution < 1.29 is 0 Å². The quantitative estimate of drug-likeness (QED) is 0.800. The highest BCUT2D eigenvalue weighted by Crippen LogP contribution is 2.22. The van der Waals surface area contributed by atoms with Crippen molar-refractivity contribution in [3.8, 4) is 0 Å². The predicted octanol–water partition coefficient (Wildman–Crippen LogP) is 1.81. The molecule has 0 radical (unpaired) electrons. The van der Waals surface area contributed by atoms with Gasteiger partial charge in [-0.1, -0.05) is 0 Å². The van der Waals surface area contributed by atoms with Crippen LogP contribution in [0.25, 0.3) is 0 Å². The van der Waals surface area contributed by atoms with Gasteiger partial charge in [-0.3, -0.25) is 0 Å². The Balaban J connectivity index is 1.63. The number of hydrogen-bond acceptors (Lipinski definition) is 3. The summed E-state index contributed by atoms with van der Waals surface area (Å²) in [4.78, 5) is 7.22. The minimum Gasteiger partial charge on any atom is -0.303 e. The molecule has 4 nitrogen and oxygen atoms in total. The highest BCUT2D eigenvalue weighted by Gasteiger charge is 2.20. The standard InChI is InChI=1S/C13H22N4/c1-11-5-4-6-13-14-12(15-17(11)13)7-10-16-8-2-3-9-16/h11H,2-10H2,1H3. The van der Waals surface area contributed by atoms with E-state index < -0.39 is 0 Å². The van der Waals surface area contributed by atoms with Gasteiger partial charge >= 0.3 is 0 Å². The summed E-state index contributed by atoms with van der Waals surface area (Å²) < 4.78 is 2.16. The Bertz CT molecular complexity index is 379. The minimum absolute atomic E-state index is 0.548. The third-order valence-corrected chi connectivity index (χ3v) is 4.04. The first kappa shape index (κ1) is 11.2. The van der Waals surface area contributed by atoms with Crippen molar-refractivity contribution in [2.75, 3.05) is 19.6 Å². The summed E-state index contributed by atoms with van der Waals surface area (Å²) in [5, 5.41) is 4.67. The SMILES string of the molecule is CC1CCCc2nc(CCN3CCCC3)nn21. The van der Waals surface area contributed by atoms with E-state index in [0.717, 1.165) is 25.2 Å². The molecule has 3 heterocycles. The Morgan fingerprint density at radius 2 is 2.06 bits per heavy atom. The van der Waals surface area contributed by atoms with Crippen LogP contribution in [-0.2, 0) is 12.8 Å². The Labute approximate surface area is 103 Å². The van der Waals surface area contributed by atoms with Gasteiger partial charge < -0.3 is 4.90 Å². The van der Waals surface area contributed by atoms with Gasteiger partial charge in [0.15, 0.2) is 5.82 Å². The summed E-state index contributed by atoms with van der Waals surface area (Å²) in [5.74, 6) is 2.26. The second-order valence-electron chi connectivity index (χ2n) is 5.43. The molecule has 17 heavy (non-hydrogen) atoms. The average molecular weight is 234 g/mol. The maximum Gasteiger partial charge on any atom is 0.152 e. The van der Waals surface area contributed by atoms with Crippen LogP contribution >= 0.6 is 0 Å². The van der Waals surface area contributed by atoms with E-state index in [2.05, 4.69) is 26.6 Å². The van der Waals surface area contributed by atoms with Gasteiger partial charge in [0.1, 0.15) is 5.82 Å². The van der Waals surface area contributed by atoms with Crippen LogP contribution in [0.2, 0.25) is 0 Å². The van der Waals surface area contributed by atoms with Gasteiger partial charge in [-0.05, 0) is 45.7 Å². The van der Waals surface area contributed by atoms with Crippen LogP contribution in [0.15, 0.2) is 0 Å². The molecule has 3 rings (SSSR count). The molecule has 2 aliphatic rings. The first-order valence-corrected chi connectivity index (χ1v) is 6.99. The van der Waals surface area contributed by atoms with Crippen LogP contribution in [0.1, 0.15) is 50.3 Å². The van der Waals surface area contributed by atoms with Gasteiger partial charge in [0.2, 0.25) is 0 Å². The molecule has 0 bridgehead atoms. The molecule has 1 aromatic heterocycles. The molecule has 2 aliphatic heterocycles. The van der Waals surface area contributed by atoms with Crippen LogP contribution in [-0.4, -0.2) is 39.3 Å². The van der Waals surface area contributed by atoms with Crippen molar-refractivity contribution in [1.82, 2.24) is 19.7 Å². The first-order chi connectivity index (χ1) is 8.33. The Hall–Kier alpha value is -0.900. The molecule has 0 N–H and O–H groups in total. The Kier molecular flexibility index (Phi) is 3.14. The van der Waals surface area contributed by atoms with Crippen molar-refractivity contribution in [3.63, 3.8) is 0 Å². The van der Waals surface area contributed by atoms with E-state index in [1.807, 2.05) is 0 Å². The summed E-state index contributed by atoms with van der Waals surface area (Å²) in [5.41, 5.74) is 0. The second-order valence-corrected chi connectivity index (χ2v) is 5.43. The van der Waals surface area contributed by atoms with Crippen molar-refractivity contribution >= 4 is 0 Å². The maximum atomic E-state index is 4.69. The summed E-state index contributed by atoms with van der Waals surface area (Å²) >= 11 is 0. The molecule has 1 aromatic rings. The van der Waals surface area contributed by atoms with Crippen LogP contribution in [0.3, 0.4) is 0 Å². The third kappa shape index (κ3) is 2.37. The molecule has 0 spiro atoms. The molecule has 4 heteroatoms. The number of fused-ring (bicyclic) bond motifs is 1. The third-order valence-electron chi connectivity index (χ3n) is 4.04. The lowest BCUT2D eigenvalue weighted by Gasteiger charge is -2.18. The van der Waals surface area contributed by atoms with E-state index in [0.29, 0.717) is 6.04 Å². The molecular weight excluding hydrogens is 212 g/mol. The number of hydrogen-bond donors (Lipinski definition) is 0. The lowest BCUT2D eigenvalue weighted by Crippen LogP contribution is -2.22. The van der Waals surface area contributed by atoms with Crippen molar-refractivity contribution in [1.29, 1.82) is 0 Å². The fraction of sp³-hybridized carbons (Fsp3) is 0.846. The number of likely N-dealkylation sites (tertiary alicyclic amines) is 1. The molecular formula is C13H22N4. The van der Waals surface area contributed by atoms with Crippen LogP contribution in [0, 0.1) is 0 Å². The van der Waals surface area contributed by atoms with Gasteiger partial charge in [0.05, 0.1) is 6.04 Å². The van der Waals surface area contributed by atoms with Crippen LogP contribution < -0.4 is 0 Å². The molecule has 0 amide bonds. The summed E-state index contributed by atoms with van der Waals surface area (Å²) in [6.07, 6.45) is 7.38. The second kappa shape index (κ2) is 4.77. The topological polar surface area (TPSA) is 34.0 Å². The molecule has 0 aliphatic carbocycles. The van der Waals surface area contributed by atoms with Gasteiger partial charge in [-0.25, -0.2) is 9.67 Å². The number of rotatable bonds is 3. The van der Waals surface area contributed by atoms with Gasteiger partial charge in [-0.15, -0.1) is 0 Å². The highest BCUT2D eigenvalue weighted by atomic mass is 15.4. The molecule has 1 atom stereocenters. The van der Waals surface area contributed by atoms with Gasteiger partial charge in [0, 0.05) is 19.4 Å². The van der Waals surface area contributed by atoms with E-state index >= 15 is 0 Å². The fourth-order valence-electron chi connectivity index (χ4n) is 2.98. The lowest BCUT2D eigenvalue weighted by molar-refractivity contribution is 0.339. The van der Waals surface area contributed by atoms with E-state index in [4.69, 9.17) is 0 Å². The largest absolute Gasteiger partial charge is 0.303 e. The monoisotopic (exact) mass is 234 g/mol. The number of nitrogens with zero attached hydrogens (tertiary/aromatic N) is 4. The molecule has 0 aromatic carbocycles. The first-order valence-electron chi connectivity index (χ1n) is 6.99. The highest BCUT2D eigenvalue weighted by molar-refractivity contribution is 4.98. The summed E-state index contributed by atoms with van der Waals surface area (Å²) in [7, 11) is 0. The zero-order chi connectivity index (χ0) is 11.7. The summed E-state index contributed by atoms with van der Waals surface area (Å²) in [6, 6.07) is 0.548. The summed E-state index contributed by atoms with van der Waals surface area (Å²) in [6.45, 7) is 5.92. The van der Waals surface area contributed by atoms with Gasteiger partial charge in [-0.2, -0.15) is 5.10 Å². The molecule has 1 fully saturated rings. The lowest BCUT2D eigenvalue weighted by atomic mass is 10.1. The fourth-order valence-corrected chi connectivity index (χ4v) is 2.98. The zero-order valence-electron chi connectivity index (χ0n) is 10.7. The normalized spacial score (nSPS) is 25.1. The minimum atomic E-state index is 0.548. The van der Waals surface area contributed by atoms with Crippen molar-refractivity contribution in [2.24, 2.45) is 0 Å². The molecule has 1 saturated heterocycles. The van der Waals surface area contributed by atoms with Crippen molar-refractivity contribution in [2.45, 2.75) is 51.5 Å². The zero-order valence-corrected chi connectivity index (χ0v) is 10.7. The predicted molar refractivity (Wildman–Crippen MR) is 67.0 cm³/mol. The molecule has 0 saturated carbocycles. The van der Waals surface area contributed by atoms with Crippen LogP contribution in [0.5, 0.6) is 0 Å². The van der Waals surface area contributed by atoms with Crippen LogP contribution in [0.4, 0.5) is 0 Å². The Morgan fingerprint density at radius 1 is 1.24 bits per heavy atom.